The highest BCUT2D eigenvalue weighted by Crippen LogP contribution is 2.28. The molecule has 1 aromatic heterocycles. The fraction of sp³-hybridized carbons (Fsp3) is 0.333. The lowest BCUT2D eigenvalue weighted by Gasteiger charge is -2.12. The zero-order valence-corrected chi connectivity index (χ0v) is 16.5. The van der Waals surface area contributed by atoms with Crippen molar-refractivity contribution < 1.29 is 9.47 Å². The van der Waals surface area contributed by atoms with Gasteiger partial charge in [0.15, 0.2) is 5.96 Å². The fourth-order valence-corrected chi connectivity index (χ4v) is 2.58. The summed E-state index contributed by atoms with van der Waals surface area (Å²) in [6, 6.07) is 5.43. The Kier molecular flexibility index (Phi) is 8.10. The van der Waals surface area contributed by atoms with Gasteiger partial charge >= 0.3 is 0 Å². The van der Waals surface area contributed by atoms with E-state index in [2.05, 4.69) is 22.2 Å². The summed E-state index contributed by atoms with van der Waals surface area (Å²) in [4.78, 5) is 8.75. The van der Waals surface area contributed by atoms with Crippen molar-refractivity contribution in [2.24, 2.45) is 10.7 Å². The zero-order chi connectivity index (χ0) is 15.9. The number of benzene rings is 1. The van der Waals surface area contributed by atoms with Gasteiger partial charge in [0.2, 0.25) is 0 Å². The molecular formula is C15H21IN4O2S. The molecule has 2 rings (SSSR count). The van der Waals surface area contributed by atoms with Gasteiger partial charge in [0.1, 0.15) is 11.5 Å². The second-order valence-electron chi connectivity index (χ2n) is 4.48. The van der Waals surface area contributed by atoms with Crippen LogP contribution < -0.4 is 20.5 Å². The summed E-state index contributed by atoms with van der Waals surface area (Å²) in [5.41, 5.74) is 7.55. The maximum atomic E-state index is 5.93. The number of aryl methyl sites for hydroxylation is 1. The molecule has 0 unspecified atom stereocenters. The van der Waals surface area contributed by atoms with E-state index in [-0.39, 0.29) is 24.0 Å². The van der Waals surface area contributed by atoms with Crippen LogP contribution in [0.3, 0.4) is 0 Å². The van der Waals surface area contributed by atoms with E-state index in [9.17, 15) is 0 Å². The maximum Gasteiger partial charge on any atom is 0.193 e. The minimum atomic E-state index is 0. The monoisotopic (exact) mass is 448 g/mol. The third-order valence-electron chi connectivity index (χ3n) is 2.98. The first kappa shape index (κ1) is 19.5. The lowest BCUT2D eigenvalue weighted by molar-refractivity contribution is 0.405. The first-order valence-corrected chi connectivity index (χ1v) is 7.76. The normalized spacial score (nSPS) is 10.8. The van der Waals surface area contributed by atoms with E-state index in [1.54, 1.807) is 31.6 Å². The molecule has 6 nitrogen and oxygen atoms in total. The van der Waals surface area contributed by atoms with Crippen molar-refractivity contribution in [3.05, 3.63) is 34.3 Å². The average molecular weight is 448 g/mol. The third-order valence-corrected chi connectivity index (χ3v) is 4.02. The number of nitrogens with zero attached hydrogens (tertiary/aromatic N) is 2. The number of aliphatic imine (C=N–C) groups is 1. The van der Waals surface area contributed by atoms with Crippen LogP contribution in [0.5, 0.6) is 11.5 Å². The van der Waals surface area contributed by atoms with Crippen molar-refractivity contribution in [2.75, 3.05) is 19.5 Å². The number of ether oxygens (including phenoxy) is 2. The number of guanidine groups is 1. The van der Waals surface area contributed by atoms with E-state index >= 15 is 0 Å². The molecule has 0 bridgehead atoms. The molecule has 0 aliphatic rings. The number of nitrogens with two attached hydrogens (primary N) is 1. The van der Waals surface area contributed by atoms with Crippen LogP contribution >= 0.6 is 35.3 Å². The van der Waals surface area contributed by atoms with E-state index in [1.165, 1.54) is 0 Å². The molecular weight excluding hydrogens is 427 g/mol. The predicted octanol–water partition coefficient (Wildman–Crippen LogP) is 3.27. The fourth-order valence-electron chi connectivity index (χ4n) is 1.84. The molecule has 23 heavy (non-hydrogen) atoms. The molecule has 126 valence electrons. The molecule has 0 aliphatic heterocycles. The smallest absolute Gasteiger partial charge is 0.193 e. The number of hydrogen-bond acceptors (Lipinski definition) is 5. The third kappa shape index (κ3) is 5.54. The SMILES string of the molecule is CCc1nc(CN=C(N)Nc2cc(OC)ccc2OC)cs1.I. The summed E-state index contributed by atoms with van der Waals surface area (Å²) in [7, 11) is 3.21. The number of anilines is 1. The molecule has 8 heteroatoms. The van der Waals surface area contributed by atoms with Crippen LogP contribution in [0.25, 0.3) is 0 Å². The molecule has 2 aromatic rings. The van der Waals surface area contributed by atoms with Gasteiger partial charge in [-0.05, 0) is 18.6 Å². The lowest BCUT2D eigenvalue weighted by Crippen LogP contribution is -2.23. The highest BCUT2D eigenvalue weighted by atomic mass is 127. The van der Waals surface area contributed by atoms with Gasteiger partial charge in [0.25, 0.3) is 0 Å². The van der Waals surface area contributed by atoms with Gasteiger partial charge in [-0.1, -0.05) is 6.92 Å². The summed E-state index contributed by atoms with van der Waals surface area (Å²) in [6.45, 7) is 2.53. The number of halogens is 1. The second-order valence-corrected chi connectivity index (χ2v) is 5.42. The van der Waals surface area contributed by atoms with Crippen molar-refractivity contribution in [3.8, 4) is 11.5 Å². The van der Waals surface area contributed by atoms with Crippen molar-refractivity contribution in [1.82, 2.24) is 4.98 Å². The molecule has 0 saturated heterocycles. The molecule has 0 saturated carbocycles. The Bertz CT molecular complexity index is 661. The van der Waals surface area contributed by atoms with E-state index < -0.39 is 0 Å². The number of thiazole rings is 1. The van der Waals surface area contributed by atoms with Crippen LogP contribution in [0.1, 0.15) is 17.6 Å². The van der Waals surface area contributed by atoms with Gasteiger partial charge in [-0.2, -0.15) is 0 Å². The van der Waals surface area contributed by atoms with Crippen LogP contribution in [0.4, 0.5) is 5.69 Å². The minimum Gasteiger partial charge on any atom is -0.497 e. The van der Waals surface area contributed by atoms with Gasteiger partial charge in [-0.3, -0.25) is 0 Å². The highest BCUT2D eigenvalue weighted by Gasteiger charge is 2.06. The standard InChI is InChI=1S/C15H20N4O2S.HI/c1-4-14-18-10(9-22-14)8-17-15(16)19-12-7-11(20-2)5-6-13(12)21-3;/h5-7,9H,4,8H2,1-3H3,(H3,16,17,19);1H. The molecule has 0 aliphatic carbocycles. The van der Waals surface area contributed by atoms with E-state index in [1.807, 2.05) is 17.5 Å². The maximum absolute atomic E-state index is 5.93. The van der Waals surface area contributed by atoms with Crippen molar-refractivity contribution in [2.45, 2.75) is 19.9 Å². The van der Waals surface area contributed by atoms with Gasteiger partial charge in [0.05, 0.1) is 37.2 Å². The summed E-state index contributed by atoms with van der Waals surface area (Å²) in [5, 5.41) is 6.13. The molecule has 0 radical (unpaired) electrons. The number of nitrogens with one attached hydrogen (secondary N) is 1. The Hall–Kier alpha value is -1.55. The van der Waals surface area contributed by atoms with E-state index in [0.717, 1.165) is 17.1 Å². The zero-order valence-electron chi connectivity index (χ0n) is 13.3. The van der Waals surface area contributed by atoms with Crippen LogP contribution in [0.2, 0.25) is 0 Å². The minimum absolute atomic E-state index is 0. The molecule has 0 atom stereocenters. The van der Waals surface area contributed by atoms with Gasteiger partial charge in [-0.25, -0.2) is 9.98 Å². The first-order chi connectivity index (χ1) is 10.7. The van der Waals surface area contributed by atoms with E-state index in [0.29, 0.717) is 29.7 Å². The molecule has 1 aromatic carbocycles. The lowest BCUT2D eigenvalue weighted by atomic mass is 10.2. The van der Waals surface area contributed by atoms with Crippen molar-refractivity contribution in [1.29, 1.82) is 0 Å². The molecule has 0 fully saturated rings. The number of methoxy groups -OCH3 is 2. The van der Waals surface area contributed by atoms with E-state index in [4.69, 9.17) is 15.2 Å². The predicted molar refractivity (Wildman–Crippen MR) is 105 cm³/mol. The summed E-state index contributed by atoms with van der Waals surface area (Å²) < 4.78 is 10.5. The largest absolute Gasteiger partial charge is 0.497 e. The molecule has 3 N–H and O–H groups in total. The topological polar surface area (TPSA) is 81.8 Å². The summed E-state index contributed by atoms with van der Waals surface area (Å²) in [6.07, 6.45) is 0.934. The van der Waals surface area contributed by atoms with Crippen LogP contribution in [0, 0.1) is 0 Å². The Morgan fingerprint density at radius 2 is 2.13 bits per heavy atom. The Labute approximate surface area is 157 Å². The highest BCUT2D eigenvalue weighted by molar-refractivity contribution is 14.0. The van der Waals surface area contributed by atoms with Crippen molar-refractivity contribution >= 4 is 47.0 Å². The van der Waals surface area contributed by atoms with Crippen LogP contribution in [-0.4, -0.2) is 25.2 Å². The van der Waals surface area contributed by atoms with Gasteiger partial charge in [0, 0.05) is 11.4 Å². The Balaban J connectivity index is 0.00000264. The summed E-state index contributed by atoms with van der Waals surface area (Å²) in [5.74, 6) is 1.68. The van der Waals surface area contributed by atoms with Crippen molar-refractivity contribution in [3.63, 3.8) is 0 Å². The first-order valence-electron chi connectivity index (χ1n) is 6.88. The molecule has 0 spiro atoms. The van der Waals surface area contributed by atoms with Gasteiger partial charge < -0.3 is 20.5 Å². The Morgan fingerprint density at radius 1 is 1.35 bits per heavy atom. The van der Waals surface area contributed by atoms with Gasteiger partial charge in [-0.15, -0.1) is 35.3 Å². The average Bonchev–Trinajstić information content (AvgIpc) is 3.01. The number of aromatic nitrogens is 1. The quantitative estimate of drug-likeness (QED) is 0.403. The second kappa shape index (κ2) is 9.56. The van der Waals surface area contributed by atoms with Crippen LogP contribution in [0.15, 0.2) is 28.6 Å². The number of rotatable bonds is 6. The Morgan fingerprint density at radius 3 is 2.74 bits per heavy atom. The van der Waals surface area contributed by atoms with Crippen LogP contribution in [-0.2, 0) is 13.0 Å². The summed E-state index contributed by atoms with van der Waals surface area (Å²) >= 11 is 1.64. The molecule has 1 heterocycles. The molecule has 0 amide bonds. The number of hydrogen-bond donors (Lipinski definition) is 2.